The van der Waals surface area contributed by atoms with E-state index in [1.165, 1.54) is 36.5 Å². The number of nitrogens with zero attached hydrogens (tertiary/aromatic N) is 4. The van der Waals surface area contributed by atoms with Crippen LogP contribution in [0.1, 0.15) is 5.56 Å². The summed E-state index contributed by atoms with van der Waals surface area (Å²) < 4.78 is 6.43. The number of aromatic amines is 1. The van der Waals surface area contributed by atoms with Crippen molar-refractivity contribution in [3.05, 3.63) is 38.9 Å². The quantitative estimate of drug-likeness (QED) is 0.381. The molecule has 0 saturated heterocycles. The average molecular weight is 295 g/mol. The lowest BCUT2D eigenvalue weighted by molar-refractivity contribution is -0.386. The topological polar surface area (TPSA) is 119 Å². The van der Waals surface area contributed by atoms with Gasteiger partial charge >= 0.3 is 5.69 Å². The van der Waals surface area contributed by atoms with Crippen molar-refractivity contribution in [1.29, 1.82) is 0 Å². The van der Waals surface area contributed by atoms with Gasteiger partial charge in [0.05, 0.1) is 18.2 Å². The van der Waals surface area contributed by atoms with Gasteiger partial charge in [0.2, 0.25) is 10.5 Å². The minimum absolute atomic E-state index is 0.0172. The normalized spacial score (nSPS) is 10.8. The maximum absolute atomic E-state index is 10.8. The van der Waals surface area contributed by atoms with Gasteiger partial charge in [0.1, 0.15) is 6.33 Å². The Hall–Kier alpha value is -2.75. The number of phenols is 1. The van der Waals surface area contributed by atoms with E-state index in [0.29, 0.717) is 5.56 Å². The Bertz CT molecular complexity index is 735. The molecule has 1 aromatic carbocycles. The number of nitro groups is 1. The standard InChI is InChI=1S/C10H9N5O4S/c1-19-8-3-6(2-7(9(8)16)15(17)18)4-12-14-5-11-13-10(14)20/h2-5,16H,1H3,(H,13,20)/b12-4-. The lowest BCUT2D eigenvalue weighted by Gasteiger charge is -2.04. The second-order valence-electron chi connectivity index (χ2n) is 3.60. The number of hydrogen-bond donors (Lipinski definition) is 2. The van der Waals surface area contributed by atoms with E-state index in [2.05, 4.69) is 15.3 Å². The number of hydrogen-bond acceptors (Lipinski definition) is 7. The number of nitro benzene ring substituents is 1. The number of methoxy groups -OCH3 is 1. The molecular weight excluding hydrogens is 286 g/mol. The highest BCUT2D eigenvalue weighted by Gasteiger charge is 2.19. The molecule has 1 aromatic heterocycles. The van der Waals surface area contributed by atoms with Gasteiger partial charge in [-0.2, -0.15) is 14.9 Å². The van der Waals surface area contributed by atoms with Crippen LogP contribution in [0.5, 0.6) is 11.5 Å². The summed E-state index contributed by atoms with van der Waals surface area (Å²) in [5.41, 5.74) is -0.101. The van der Waals surface area contributed by atoms with E-state index < -0.39 is 16.4 Å². The smallest absolute Gasteiger partial charge is 0.315 e. The highest BCUT2D eigenvalue weighted by Crippen LogP contribution is 2.36. The zero-order valence-electron chi connectivity index (χ0n) is 10.2. The number of H-pyrrole nitrogens is 1. The van der Waals surface area contributed by atoms with E-state index in [4.69, 9.17) is 17.0 Å². The molecule has 2 rings (SSSR count). The van der Waals surface area contributed by atoms with Crippen LogP contribution in [0.25, 0.3) is 0 Å². The van der Waals surface area contributed by atoms with Gasteiger partial charge in [-0.15, -0.1) is 0 Å². The second kappa shape index (κ2) is 5.48. The summed E-state index contributed by atoms with van der Waals surface area (Å²) in [5.74, 6) is -0.550. The van der Waals surface area contributed by atoms with Crippen molar-refractivity contribution in [2.24, 2.45) is 5.10 Å². The van der Waals surface area contributed by atoms with E-state index in [1.807, 2.05) is 0 Å². The SMILES string of the molecule is COc1cc(/C=N\n2cn[nH]c2=S)cc([N+](=O)[O-])c1O. The van der Waals surface area contributed by atoms with Crippen molar-refractivity contribution in [3.8, 4) is 11.5 Å². The van der Waals surface area contributed by atoms with Gasteiger partial charge in [-0.25, -0.2) is 0 Å². The molecule has 0 amide bonds. The fourth-order valence-electron chi connectivity index (χ4n) is 1.44. The summed E-state index contributed by atoms with van der Waals surface area (Å²) in [7, 11) is 1.30. The van der Waals surface area contributed by atoms with E-state index in [0.717, 1.165) is 0 Å². The second-order valence-corrected chi connectivity index (χ2v) is 3.99. The van der Waals surface area contributed by atoms with E-state index in [9.17, 15) is 15.2 Å². The Balaban J connectivity index is 2.45. The number of aromatic nitrogens is 3. The van der Waals surface area contributed by atoms with Crippen LogP contribution >= 0.6 is 12.2 Å². The monoisotopic (exact) mass is 295 g/mol. The summed E-state index contributed by atoms with van der Waals surface area (Å²) in [4.78, 5) is 10.1. The molecule has 104 valence electrons. The molecule has 0 fully saturated rings. The summed E-state index contributed by atoms with van der Waals surface area (Å²) in [5, 5.41) is 30.6. The van der Waals surface area contributed by atoms with Gasteiger partial charge in [-0.1, -0.05) is 0 Å². The molecule has 0 aliphatic rings. The van der Waals surface area contributed by atoms with Crippen LogP contribution in [-0.4, -0.2) is 38.2 Å². The predicted molar refractivity (Wildman–Crippen MR) is 71.7 cm³/mol. The molecule has 0 aliphatic heterocycles. The first-order valence-corrected chi connectivity index (χ1v) is 5.65. The molecule has 0 atom stereocenters. The highest BCUT2D eigenvalue weighted by atomic mass is 32.1. The molecule has 0 unspecified atom stereocenters. The van der Waals surface area contributed by atoms with Crippen LogP contribution in [0.2, 0.25) is 0 Å². The van der Waals surface area contributed by atoms with Crippen molar-refractivity contribution in [3.63, 3.8) is 0 Å². The molecule has 0 aliphatic carbocycles. The van der Waals surface area contributed by atoms with Crippen molar-refractivity contribution in [2.75, 3.05) is 7.11 Å². The summed E-state index contributed by atoms with van der Waals surface area (Å²) in [6.07, 6.45) is 2.69. The van der Waals surface area contributed by atoms with Gasteiger partial charge in [0, 0.05) is 11.6 Å². The molecule has 9 nitrogen and oxygen atoms in total. The predicted octanol–water partition coefficient (Wildman–Crippen LogP) is 1.45. The number of aromatic hydroxyl groups is 1. The van der Waals surface area contributed by atoms with Crippen molar-refractivity contribution < 1.29 is 14.8 Å². The molecule has 2 N–H and O–H groups in total. The first kappa shape index (κ1) is 13.7. The first-order chi connectivity index (χ1) is 9.52. The number of phenolic OH excluding ortho intramolecular Hbond substituents is 1. The van der Waals surface area contributed by atoms with Gasteiger partial charge in [0.15, 0.2) is 5.75 Å². The lowest BCUT2D eigenvalue weighted by atomic mass is 10.2. The minimum Gasteiger partial charge on any atom is -0.500 e. The van der Waals surface area contributed by atoms with Crippen LogP contribution < -0.4 is 4.74 Å². The molecule has 0 saturated carbocycles. The molecule has 0 spiro atoms. The average Bonchev–Trinajstić information content (AvgIpc) is 2.82. The van der Waals surface area contributed by atoms with Crippen LogP contribution in [0.3, 0.4) is 0 Å². The highest BCUT2D eigenvalue weighted by molar-refractivity contribution is 7.71. The Labute approximate surface area is 117 Å². The van der Waals surface area contributed by atoms with Gasteiger partial charge < -0.3 is 9.84 Å². The lowest BCUT2D eigenvalue weighted by Crippen LogP contribution is -1.95. The third kappa shape index (κ3) is 2.64. The van der Waals surface area contributed by atoms with Gasteiger partial charge in [0.25, 0.3) is 0 Å². The fourth-order valence-corrected chi connectivity index (χ4v) is 1.58. The third-order valence-electron chi connectivity index (χ3n) is 2.36. The zero-order valence-corrected chi connectivity index (χ0v) is 11.0. The molecular formula is C10H9N5O4S. The van der Waals surface area contributed by atoms with Gasteiger partial charge in [-0.05, 0) is 18.3 Å². The Morgan fingerprint density at radius 1 is 1.65 bits per heavy atom. The largest absolute Gasteiger partial charge is 0.500 e. The Morgan fingerprint density at radius 2 is 2.40 bits per heavy atom. The maximum Gasteiger partial charge on any atom is 0.315 e. The van der Waals surface area contributed by atoms with Crippen LogP contribution in [0.4, 0.5) is 5.69 Å². The van der Waals surface area contributed by atoms with E-state index in [-0.39, 0.29) is 10.5 Å². The molecule has 20 heavy (non-hydrogen) atoms. The van der Waals surface area contributed by atoms with Crippen molar-refractivity contribution >= 4 is 24.1 Å². The Kier molecular flexibility index (Phi) is 3.75. The van der Waals surface area contributed by atoms with Crippen LogP contribution in [-0.2, 0) is 0 Å². The van der Waals surface area contributed by atoms with Crippen molar-refractivity contribution in [1.82, 2.24) is 14.9 Å². The summed E-state index contributed by atoms with van der Waals surface area (Å²) in [6, 6.07) is 2.58. The fraction of sp³-hybridized carbons (Fsp3) is 0.100. The minimum atomic E-state index is -0.710. The molecule has 10 heteroatoms. The summed E-state index contributed by atoms with van der Waals surface area (Å²) >= 11 is 4.90. The Morgan fingerprint density at radius 3 is 2.95 bits per heavy atom. The van der Waals surface area contributed by atoms with E-state index in [1.54, 1.807) is 0 Å². The zero-order chi connectivity index (χ0) is 14.7. The van der Waals surface area contributed by atoms with Crippen LogP contribution in [0.15, 0.2) is 23.6 Å². The molecule has 0 bridgehead atoms. The van der Waals surface area contributed by atoms with Crippen LogP contribution in [0, 0.1) is 14.9 Å². The number of benzene rings is 1. The first-order valence-electron chi connectivity index (χ1n) is 5.24. The number of rotatable bonds is 4. The molecule has 1 heterocycles. The molecule has 0 radical (unpaired) electrons. The summed E-state index contributed by atoms with van der Waals surface area (Å²) in [6.45, 7) is 0. The van der Waals surface area contributed by atoms with E-state index >= 15 is 0 Å². The van der Waals surface area contributed by atoms with Crippen molar-refractivity contribution in [2.45, 2.75) is 0 Å². The third-order valence-corrected chi connectivity index (χ3v) is 2.64. The maximum atomic E-state index is 10.8. The molecule has 2 aromatic rings. The van der Waals surface area contributed by atoms with Gasteiger partial charge in [-0.3, -0.25) is 15.2 Å². The number of nitrogens with one attached hydrogen (secondary N) is 1. The number of ether oxygens (including phenoxy) is 1.